The molecular formula is C11H12N2O3. The molecule has 2 rings (SSSR count). The standard InChI is InChI=1S/C11H12N2O3/c14-7-8-5-9(11(15)16)10(6-12-8)13-3-1-2-4-13/h6H,1-5H2,(H,15,16). The van der Waals surface area contributed by atoms with Crippen LogP contribution in [0.15, 0.2) is 22.0 Å². The van der Waals surface area contributed by atoms with E-state index in [0.717, 1.165) is 25.9 Å². The quantitative estimate of drug-likeness (QED) is 0.692. The van der Waals surface area contributed by atoms with E-state index in [1.807, 2.05) is 4.90 Å². The highest BCUT2D eigenvalue weighted by atomic mass is 16.4. The fourth-order valence-corrected chi connectivity index (χ4v) is 2.00. The summed E-state index contributed by atoms with van der Waals surface area (Å²) in [5, 5.41) is 9.09. The highest BCUT2D eigenvalue weighted by Gasteiger charge is 2.24. The second-order valence-corrected chi connectivity index (χ2v) is 3.85. The number of aliphatic imine (C=N–C) groups is 1. The summed E-state index contributed by atoms with van der Waals surface area (Å²) in [5.74, 6) is 0.667. The van der Waals surface area contributed by atoms with Gasteiger partial charge >= 0.3 is 5.97 Å². The first-order valence-electron chi connectivity index (χ1n) is 5.22. The van der Waals surface area contributed by atoms with E-state index < -0.39 is 5.97 Å². The second kappa shape index (κ2) is 4.33. The van der Waals surface area contributed by atoms with Crippen LogP contribution < -0.4 is 0 Å². The molecule has 16 heavy (non-hydrogen) atoms. The molecule has 5 nitrogen and oxygen atoms in total. The predicted octanol–water partition coefficient (Wildman–Crippen LogP) is 0.611. The van der Waals surface area contributed by atoms with E-state index in [-0.39, 0.29) is 17.7 Å². The first-order chi connectivity index (χ1) is 7.72. The molecular weight excluding hydrogens is 208 g/mol. The van der Waals surface area contributed by atoms with E-state index in [1.165, 1.54) is 6.21 Å². The molecule has 0 aromatic carbocycles. The number of carboxylic acid groups (broad SMARTS) is 1. The Morgan fingerprint density at radius 3 is 2.69 bits per heavy atom. The second-order valence-electron chi connectivity index (χ2n) is 3.85. The highest BCUT2D eigenvalue weighted by molar-refractivity contribution is 5.98. The summed E-state index contributed by atoms with van der Waals surface area (Å²) in [6.45, 7) is 1.72. The third kappa shape index (κ3) is 1.90. The van der Waals surface area contributed by atoms with Gasteiger partial charge in [0.2, 0.25) is 0 Å². The van der Waals surface area contributed by atoms with Crippen molar-refractivity contribution in [2.24, 2.45) is 4.99 Å². The number of aliphatic carboxylic acids is 1. The number of carboxylic acids is 1. The van der Waals surface area contributed by atoms with Crippen molar-refractivity contribution < 1.29 is 14.7 Å². The zero-order valence-electron chi connectivity index (χ0n) is 8.77. The Bertz CT molecular complexity index is 425. The molecule has 0 aromatic rings. The van der Waals surface area contributed by atoms with Gasteiger partial charge in [-0.05, 0) is 12.8 Å². The zero-order valence-corrected chi connectivity index (χ0v) is 8.77. The van der Waals surface area contributed by atoms with Crippen LogP contribution in [0.1, 0.15) is 19.3 Å². The molecule has 1 N–H and O–H groups in total. The van der Waals surface area contributed by atoms with Gasteiger partial charge in [-0.25, -0.2) is 14.6 Å². The largest absolute Gasteiger partial charge is 0.478 e. The molecule has 0 unspecified atom stereocenters. The lowest BCUT2D eigenvalue weighted by atomic mass is 10.1. The van der Waals surface area contributed by atoms with E-state index >= 15 is 0 Å². The number of rotatable bonds is 2. The van der Waals surface area contributed by atoms with Gasteiger partial charge in [0.05, 0.1) is 17.5 Å². The molecule has 0 atom stereocenters. The summed E-state index contributed by atoms with van der Waals surface area (Å²) in [4.78, 5) is 27.5. The topological polar surface area (TPSA) is 70.0 Å². The Morgan fingerprint density at radius 1 is 1.44 bits per heavy atom. The van der Waals surface area contributed by atoms with Crippen LogP contribution in [0.25, 0.3) is 0 Å². The molecule has 2 aliphatic rings. The van der Waals surface area contributed by atoms with Crippen molar-refractivity contribution >= 4 is 18.1 Å². The van der Waals surface area contributed by atoms with Crippen LogP contribution in [-0.4, -0.2) is 41.2 Å². The minimum Gasteiger partial charge on any atom is -0.478 e. The molecule has 5 heteroatoms. The molecule has 84 valence electrons. The van der Waals surface area contributed by atoms with Gasteiger partial charge in [0.25, 0.3) is 0 Å². The van der Waals surface area contributed by atoms with Crippen LogP contribution >= 0.6 is 0 Å². The lowest BCUT2D eigenvalue weighted by Crippen LogP contribution is -2.25. The number of dihydropyridines is 1. The molecule has 0 bridgehead atoms. The van der Waals surface area contributed by atoms with E-state index in [1.54, 1.807) is 5.94 Å². The maximum atomic E-state index is 11.1. The molecule has 0 spiro atoms. The molecule has 0 radical (unpaired) electrons. The average molecular weight is 220 g/mol. The summed E-state index contributed by atoms with van der Waals surface area (Å²) in [7, 11) is 0. The van der Waals surface area contributed by atoms with Gasteiger partial charge in [-0.2, -0.15) is 0 Å². The fourth-order valence-electron chi connectivity index (χ4n) is 2.00. The number of nitrogens with zero attached hydrogens (tertiary/aromatic N) is 2. The summed E-state index contributed by atoms with van der Waals surface area (Å²) >= 11 is 0. The monoisotopic (exact) mass is 220 g/mol. The third-order valence-electron chi connectivity index (χ3n) is 2.82. The molecule has 0 amide bonds. The van der Waals surface area contributed by atoms with Crippen LogP contribution in [0.3, 0.4) is 0 Å². The maximum Gasteiger partial charge on any atom is 0.334 e. The van der Waals surface area contributed by atoms with Gasteiger partial charge < -0.3 is 10.0 Å². The van der Waals surface area contributed by atoms with Crippen molar-refractivity contribution in [3.8, 4) is 0 Å². The number of hydrogen-bond donors (Lipinski definition) is 1. The minimum atomic E-state index is -0.985. The van der Waals surface area contributed by atoms with Crippen LogP contribution in [0, 0.1) is 0 Å². The van der Waals surface area contributed by atoms with Crippen molar-refractivity contribution in [2.75, 3.05) is 13.1 Å². The van der Waals surface area contributed by atoms with Gasteiger partial charge in [0.1, 0.15) is 11.6 Å². The number of likely N-dealkylation sites (tertiary alicyclic amines) is 1. The van der Waals surface area contributed by atoms with Crippen LogP contribution in [-0.2, 0) is 9.59 Å². The number of hydrogen-bond acceptors (Lipinski definition) is 4. The summed E-state index contributed by atoms with van der Waals surface area (Å²) in [5.41, 5.74) is 1.04. The Balaban J connectivity index is 2.34. The molecule has 1 saturated heterocycles. The van der Waals surface area contributed by atoms with Crippen LogP contribution in [0.2, 0.25) is 0 Å². The van der Waals surface area contributed by atoms with E-state index in [0.29, 0.717) is 5.70 Å². The normalized spacial score (nSPS) is 20.2. The summed E-state index contributed by atoms with van der Waals surface area (Å²) < 4.78 is 0. The van der Waals surface area contributed by atoms with Crippen molar-refractivity contribution in [3.63, 3.8) is 0 Å². The number of carbonyl (C=O) groups is 1. The lowest BCUT2D eigenvalue weighted by molar-refractivity contribution is -0.132. The molecule has 1 fully saturated rings. The first-order valence-corrected chi connectivity index (χ1v) is 5.22. The van der Waals surface area contributed by atoms with Crippen molar-refractivity contribution in [3.05, 3.63) is 17.0 Å². The molecule has 2 heterocycles. The van der Waals surface area contributed by atoms with Crippen LogP contribution in [0.4, 0.5) is 0 Å². The van der Waals surface area contributed by atoms with Crippen molar-refractivity contribution in [1.82, 2.24) is 4.90 Å². The molecule has 0 saturated carbocycles. The zero-order chi connectivity index (χ0) is 11.5. The molecule has 2 aliphatic heterocycles. The molecule has 0 aromatic heterocycles. The predicted molar refractivity (Wildman–Crippen MR) is 57.8 cm³/mol. The fraction of sp³-hybridized carbons (Fsp3) is 0.455. The lowest BCUT2D eigenvalue weighted by Gasteiger charge is -2.22. The van der Waals surface area contributed by atoms with Crippen molar-refractivity contribution in [1.29, 1.82) is 0 Å². The van der Waals surface area contributed by atoms with E-state index in [2.05, 4.69) is 4.99 Å². The Labute approximate surface area is 92.8 Å². The first kappa shape index (κ1) is 10.6. The number of carbonyl (C=O) groups excluding carboxylic acids is 1. The SMILES string of the molecule is O=C=C1CC(C(=O)O)=C(N2CCCC2)C=N1. The van der Waals surface area contributed by atoms with Gasteiger partial charge in [-0.1, -0.05) is 0 Å². The molecule has 0 aliphatic carbocycles. The van der Waals surface area contributed by atoms with E-state index in [4.69, 9.17) is 5.11 Å². The summed E-state index contributed by atoms with van der Waals surface area (Å²) in [6.07, 6.45) is 3.68. The minimum absolute atomic E-state index is 0.0706. The Kier molecular flexibility index (Phi) is 2.88. The highest BCUT2D eigenvalue weighted by Crippen LogP contribution is 2.24. The van der Waals surface area contributed by atoms with Crippen molar-refractivity contribution in [2.45, 2.75) is 19.3 Å². The Hall–Kier alpha value is -1.87. The van der Waals surface area contributed by atoms with Crippen LogP contribution in [0.5, 0.6) is 0 Å². The van der Waals surface area contributed by atoms with Gasteiger partial charge in [0, 0.05) is 19.5 Å². The maximum absolute atomic E-state index is 11.1. The Morgan fingerprint density at radius 2 is 2.12 bits per heavy atom. The number of allylic oxidation sites excluding steroid dienone is 2. The third-order valence-corrected chi connectivity index (χ3v) is 2.82. The smallest absolute Gasteiger partial charge is 0.334 e. The van der Waals surface area contributed by atoms with Gasteiger partial charge in [0.15, 0.2) is 0 Å². The summed E-state index contributed by atoms with van der Waals surface area (Å²) in [6, 6.07) is 0. The van der Waals surface area contributed by atoms with Gasteiger partial charge in [-0.3, -0.25) is 0 Å². The van der Waals surface area contributed by atoms with E-state index in [9.17, 15) is 9.59 Å². The average Bonchev–Trinajstić information content (AvgIpc) is 2.81. The van der Waals surface area contributed by atoms with Gasteiger partial charge in [-0.15, -0.1) is 0 Å².